The molecule has 0 bridgehead atoms. The highest BCUT2D eigenvalue weighted by atomic mass is 32.2. The fourth-order valence-electron chi connectivity index (χ4n) is 3.04. The molecule has 2 aromatic carbocycles. The van der Waals surface area contributed by atoms with Gasteiger partial charge in [-0.2, -0.15) is 5.26 Å². The van der Waals surface area contributed by atoms with E-state index in [9.17, 15) is 0 Å². The number of hydrogen-bond donors (Lipinski definition) is 0. The van der Waals surface area contributed by atoms with Crippen molar-refractivity contribution >= 4 is 17.4 Å². The molecule has 0 unspecified atom stereocenters. The Morgan fingerprint density at radius 2 is 1.83 bits per heavy atom. The number of thioether (sulfide) groups is 1. The standard InChI is InChI=1S/C19H21N3S/c1-23-19-8-3-2-7-18(19)22-11-9-21(10-12-22)15-17-6-4-5-16(13-17)14-20/h2-8,13H,9-12,15H2,1H3. The van der Waals surface area contributed by atoms with E-state index >= 15 is 0 Å². The molecule has 0 saturated carbocycles. The van der Waals surface area contributed by atoms with E-state index in [1.165, 1.54) is 16.1 Å². The van der Waals surface area contributed by atoms with E-state index in [-0.39, 0.29) is 0 Å². The maximum Gasteiger partial charge on any atom is 0.0991 e. The lowest BCUT2D eigenvalue weighted by atomic mass is 10.1. The number of rotatable bonds is 4. The van der Waals surface area contributed by atoms with Crippen molar-refractivity contribution in [2.24, 2.45) is 0 Å². The summed E-state index contributed by atoms with van der Waals surface area (Å²) in [7, 11) is 0. The van der Waals surface area contributed by atoms with Crippen LogP contribution in [0.3, 0.4) is 0 Å². The summed E-state index contributed by atoms with van der Waals surface area (Å²) in [4.78, 5) is 6.30. The number of anilines is 1. The molecular weight excluding hydrogens is 302 g/mol. The van der Waals surface area contributed by atoms with E-state index in [2.05, 4.69) is 52.5 Å². The van der Waals surface area contributed by atoms with Crippen LogP contribution in [0.2, 0.25) is 0 Å². The van der Waals surface area contributed by atoms with Crippen LogP contribution in [0.1, 0.15) is 11.1 Å². The van der Waals surface area contributed by atoms with Crippen molar-refractivity contribution in [3.63, 3.8) is 0 Å². The highest BCUT2D eigenvalue weighted by Gasteiger charge is 2.19. The Kier molecular flexibility index (Phi) is 5.22. The van der Waals surface area contributed by atoms with Crippen molar-refractivity contribution in [1.29, 1.82) is 5.26 Å². The molecule has 0 aliphatic carbocycles. The van der Waals surface area contributed by atoms with Crippen molar-refractivity contribution in [3.05, 3.63) is 59.7 Å². The third-order valence-corrected chi connectivity index (χ3v) is 5.05. The van der Waals surface area contributed by atoms with Gasteiger partial charge < -0.3 is 4.90 Å². The van der Waals surface area contributed by atoms with Gasteiger partial charge in [-0.15, -0.1) is 11.8 Å². The Hall–Kier alpha value is -1.96. The molecule has 0 aromatic heterocycles. The number of hydrogen-bond acceptors (Lipinski definition) is 4. The second kappa shape index (κ2) is 7.54. The van der Waals surface area contributed by atoms with Gasteiger partial charge in [0.25, 0.3) is 0 Å². The Morgan fingerprint density at radius 1 is 1.04 bits per heavy atom. The van der Waals surface area contributed by atoms with E-state index in [1.807, 2.05) is 30.0 Å². The number of nitriles is 1. The normalized spacial score (nSPS) is 15.4. The molecule has 1 aliphatic rings. The highest BCUT2D eigenvalue weighted by molar-refractivity contribution is 7.98. The third kappa shape index (κ3) is 3.87. The van der Waals surface area contributed by atoms with Gasteiger partial charge in [0.2, 0.25) is 0 Å². The molecule has 1 fully saturated rings. The van der Waals surface area contributed by atoms with E-state index < -0.39 is 0 Å². The molecule has 0 radical (unpaired) electrons. The Bertz CT molecular complexity index is 700. The average Bonchev–Trinajstić information content (AvgIpc) is 2.62. The van der Waals surface area contributed by atoms with Gasteiger partial charge in [-0.1, -0.05) is 24.3 Å². The molecule has 1 aliphatic heterocycles. The first-order valence-corrected chi connectivity index (χ1v) is 9.12. The molecule has 3 nitrogen and oxygen atoms in total. The Labute approximate surface area is 142 Å². The first-order chi connectivity index (χ1) is 11.3. The van der Waals surface area contributed by atoms with Crippen LogP contribution in [0.4, 0.5) is 5.69 Å². The minimum absolute atomic E-state index is 0.745. The molecule has 118 valence electrons. The van der Waals surface area contributed by atoms with Gasteiger partial charge in [-0.25, -0.2) is 0 Å². The predicted octanol–water partition coefficient (Wildman–Crippen LogP) is 3.60. The van der Waals surface area contributed by atoms with Crippen molar-refractivity contribution in [3.8, 4) is 6.07 Å². The minimum atomic E-state index is 0.745. The zero-order chi connectivity index (χ0) is 16.1. The van der Waals surface area contributed by atoms with Crippen LogP contribution < -0.4 is 4.90 Å². The summed E-state index contributed by atoms with van der Waals surface area (Å²) in [6.07, 6.45) is 2.14. The molecule has 1 saturated heterocycles. The molecule has 0 N–H and O–H groups in total. The van der Waals surface area contributed by atoms with Crippen LogP contribution in [0.25, 0.3) is 0 Å². The fourth-order valence-corrected chi connectivity index (χ4v) is 3.66. The second-order valence-electron chi connectivity index (χ2n) is 5.75. The number of para-hydroxylation sites is 1. The van der Waals surface area contributed by atoms with E-state index in [0.717, 1.165) is 38.3 Å². The molecule has 4 heteroatoms. The summed E-state index contributed by atoms with van der Waals surface area (Å²) < 4.78 is 0. The van der Waals surface area contributed by atoms with Gasteiger partial charge in [-0.05, 0) is 36.1 Å². The quantitative estimate of drug-likeness (QED) is 0.804. The Balaban J connectivity index is 1.61. The average molecular weight is 323 g/mol. The SMILES string of the molecule is CSc1ccccc1N1CCN(Cc2cccc(C#N)c2)CC1. The first kappa shape index (κ1) is 15.9. The largest absolute Gasteiger partial charge is 0.368 e. The van der Waals surface area contributed by atoms with Crippen molar-refractivity contribution < 1.29 is 0 Å². The summed E-state index contributed by atoms with van der Waals surface area (Å²) in [5.74, 6) is 0. The van der Waals surface area contributed by atoms with Crippen molar-refractivity contribution in [2.45, 2.75) is 11.4 Å². The maximum absolute atomic E-state index is 9.01. The van der Waals surface area contributed by atoms with Crippen LogP contribution in [-0.4, -0.2) is 37.3 Å². The zero-order valence-electron chi connectivity index (χ0n) is 13.4. The smallest absolute Gasteiger partial charge is 0.0991 e. The summed E-state index contributed by atoms with van der Waals surface area (Å²) in [6.45, 7) is 5.14. The van der Waals surface area contributed by atoms with Gasteiger partial charge in [0.15, 0.2) is 0 Å². The summed E-state index contributed by atoms with van der Waals surface area (Å²) in [5, 5.41) is 9.01. The number of nitrogens with zero attached hydrogens (tertiary/aromatic N) is 3. The topological polar surface area (TPSA) is 30.3 Å². The summed E-state index contributed by atoms with van der Waals surface area (Å²) in [6, 6.07) is 18.8. The lowest BCUT2D eigenvalue weighted by molar-refractivity contribution is 0.249. The maximum atomic E-state index is 9.01. The van der Waals surface area contributed by atoms with Crippen LogP contribution >= 0.6 is 11.8 Å². The molecular formula is C19H21N3S. The molecule has 0 spiro atoms. The molecule has 3 rings (SSSR count). The van der Waals surface area contributed by atoms with Crippen LogP contribution in [0.5, 0.6) is 0 Å². The molecule has 0 atom stereocenters. The summed E-state index contributed by atoms with van der Waals surface area (Å²) >= 11 is 1.81. The van der Waals surface area contributed by atoms with Crippen molar-refractivity contribution in [1.82, 2.24) is 4.90 Å². The highest BCUT2D eigenvalue weighted by Crippen LogP contribution is 2.29. The van der Waals surface area contributed by atoms with E-state index in [4.69, 9.17) is 5.26 Å². The van der Waals surface area contributed by atoms with Gasteiger partial charge in [0.1, 0.15) is 0 Å². The predicted molar refractivity (Wildman–Crippen MR) is 96.9 cm³/mol. The molecule has 23 heavy (non-hydrogen) atoms. The van der Waals surface area contributed by atoms with Crippen LogP contribution in [0, 0.1) is 11.3 Å². The lowest BCUT2D eigenvalue weighted by Crippen LogP contribution is -2.46. The molecule has 2 aromatic rings. The number of piperazine rings is 1. The van der Waals surface area contributed by atoms with Crippen LogP contribution in [0.15, 0.2) is 53.4 Å². The van der Waals surface area contributed by atoms with Gasteiger partial charge in [0.05, 0.1) is 17.3 Å². The van der Waals surface area contributed by atoms with Crippen molar-refractivity contribution in [2.75, 3.05) is 37.3 Å². The van der Waals surface area contributed by atoms with E-state index in [1.54, 1.807) is 0 Å². The monoisotopic (exact) mass is 323 g/mol. The third-order valence-electron chi connectivity index (χ3n) is 4.26. The van der Waals surface area contributed by atoms with Gasteiger partial charge in [-0.3, -0.25) is 4.90 Å². The first-order valence-electron chi connectivity index (χ1n) is 7.89. The van der Waals surface area contributed by atoms with Gasteiger partial charge in [0, 0.05) is 37.6 Å². The van der Waals surface area contributed by atoms with Gasteiger partial charge >= 0.3 is 0 Å². The number of benzene rings is 2. The van der Waals surface area contributed by atoms with Crippen LogP contribution in [-0.2, 0) is 6.54 Å². The zero-order valence-corrected chi connectivity index (χ0v) is 14.2. The Morgan fingerprint density at radius 3 is 2.57 bits per heavy atom. The summed E-state index contributed by atoms with van der Waals surface area (Å²) in [5.41, 5.74) is 3.32. The second-order valence-corrected chi connectivity index (χ2v) is 6.60. The van der Waals surface area contributed by atoms with E-state index in [0.29, 0.717) is 0 Å². The minimum Gasteiger partial charge on any atom is -0.368 e. The molecule has 0 amide bonds. The lowest BCUT2D eigenvalue weighted by Gasteiger charge is -2.36. The molecule has 1 heterocycles. The fraction of sp³-hybridized carbons (Fsp3) is 0.316.